The van der Waals surface area contributed by atoms with Gasteiger partial charge in [0, 0.05) is 46.1 Å². The van der Waals surface area contributed by atoms with E-state index in [2.05, 4.69) is 36.1 Å². The quantitative estimate of drug-likeness (QED) is 0.335. The molecular formula is C25H30ClFN4. The van der Waals surface area contributed by atoms with E-state index in [4.69, 9.17) is 16.6 Å². The fraction of sp³-hybridized carbons (Fsp3) is 0.320. The lowest BCUT2D eigenvalue weighted by Crippen LogP contribution is -2.17. The molecule has 6 heteroatoms. The van der Waals surface area contributed by atoms with Gasteiger partial charge in [0.2, 0.25) is 0 Å². The van der Waals surface area contributed by atoms with Gasteiger partial charge in [-0.1, -0.05) is 38.8 Å². The largest absolute Gasteiger partial charge is 0.340 e. The van der Waals surface area contributed by atoms with E-state index >= 15 is 0 Å². The number of halogens is 2. The first kappa shape index (κ1) is 24.5. The molecular weight excluding hydrogens is 411 g/mol. The average Bonchev–Trinajstić information content (AvgIpc) is 2.76. The Morgan fingerprint density at radius 3 is 2.39 bits per heavy atom. The Morgan fingerprint density at radius 1 is 1.10 bits per heavy atom. The van der Waals surface area contributed by atoms with E-state index in [1.165, 1.54) is 18.6 Å². The van der Waals surface area contributed by atoms with Crippen molar-refractivity contribution >= 4 is 23.1 Å². The minimum atomic E-state index is -0.433. The van der Waals surface area contributed by atoms with Gasteiger partial charge < -0.3 is 5.32 Å². The Labute approximate surface area is 189 Å². The average molecular weight is 441 g/mol. The van der Waals surface area contributed by atoms with Gasteiger partial charge in [-0.05, 0) is 62.2 Å². The van der Waals surface area contributed by atoms with Gasteiger partial charge in [-0.2, -0.15) is 0 Å². The van der Waals surface area contributed by atoms with Crippen LogP contribution in [0.2, 0.25) is 5.02 Å². The second kappa shape index (κ2) is 12.2. The molecule has 3 aromatic rings. The molecule has 0 bridgehead atoms. The molecule has 1 atom stereocenters. The van der Waals surface area contributed by atoms with Gasteiger partial charge in [-0.3, -0.25) is 15.0 Å². The molecule has 164 valence electrons. The summed E-state index contributed by atoms with van der Waals surface area (Å²) in [5.74, 6) is 1.15. The van der Waals surface area contributed by atoms with Gasteiger partial charge in [-0.15, -0.1) is 0 Å². The summed E-state index contributed by atoms with van der Waals surface area (Å²) in [6, 6.07) is 11.5. The van der Waals surface area contributed by atoms with Crippen molar-refractivity contribution in [2.45, 2.75) is 47.1 Å². The summed E-state index contributed by atoms with van der Waals surface area (Å²) in [7, 11) is 0. The molecule has 1 unspecified atom stereocenters. The highest BCUT2D eigenvalue weighted by Gasteiger charge is 2.14. The number of nitrogens with one attached hydrogen (secondary N) is 1. The summed E-state index contributed by atoms with van der Waals surface area (Å²) < 4.78 is 14.2. The number of hydrogen-bond donors (Lipinski definition) is 1. The topological polar surface area (TPSA) is 50.2 Å². The Hall–Kier alpha value is -2.79. The molecule has 2 aromatic heterocycles. The molecule has 0 amide bonds. The van der Waals surface area contributed by atoms with Crippen LogP contribution in [0.1, 0.15) is 57.0 Å². The second-order valence-electron chi connectivity index (χ2n) is 7.62. The van der Waals surface area contributed by atoms with E-state index in [0.29, 0.717) is 16.4 Å². The molecule has 1 aromatic carbocycles. The fourth-order valence-corrected chi connectivity index (χ4v) is 2.75. The van der Waals surface area contributed by atoms with Crippen LogP contribution in [0.15, 0.2) is 66.0 Å². The molecule has 0 aliphatic rings. The molecule has 0 fully saturated rings. The van der Waals surface area contributed by atoms with Gasteiger partial charge >= 0.3 is 0 Å². The zero-order valence-corrected chi connectivity index (χ0v) is 19.5. The predicted molar refractivity (Wildman–Crippen MR) is 128 cm³/mol. The minimum Gasteiger partial charge on any atom is -0.340 e. The molecule has 0 aliphatic heterocycles. The van der Waals surface area contributed by atoms with Gasteiger partial charge in [-0.25, -0.2) is 4.39 Å². The molecule has 3 rings (SSSR count). The number of aliphatic imine (C=N–C) groups is 1. The molecule has 1 N–H and O–H groups in total. The smallest absolute Gasteiger partial charge is 0.135 e. The number of anilines is 1. The van der Waals surface area contributed by atoms with E-state index in [1.54, 1.807) is 24.7 Å². The molecule has 0 saturated heterocycles. The summed E-state index contributed by atoms with van der Waals surface area (Å²) in [6.45, 7) is 10.4. The standard InChI is InChI=1S/C20H18ClFN4.C5H12/c1-13-17(4-3-9-24-13)20(26-16-7-10-23-11-8-16)25-14(2)18-12-15(21)5-6-19(18)22;1-4-5(2)3/h3-12,14H,1-2H3,(H,23,25,26);5H,4H2,1-3H3. The van der Waals surface area contributed by atoms with Crippen LogP contribution in [-0.4, -0.2) is 15.8 Å². The molecule has 31 heavy (non-hydrogen) atoms. The van der Waals surface area contributed by atoms with E-state index in [0.717, 1.165) is 22.9 Å². The van der Waals surface area contributed by atoms with Crippen LogP contribution in [-0.2, 0) is 0 Å². The summed E-state index contributed by atoms with van der Waals surface area (Å²) >= 11 is 6.02. The van der Waals surface area contributed by atoms with Crippen molar-refractivity contribution in [3.8, 4) is 0 Å². The van der Waals surface area contributed by atoms with E-state index in [9.17, 15) is 4.39 Å². The van der Waals surface area contributed by atoms with Crippen molar-refractivity contribution in [3.63, 3.8) is 0 Å². The van der Waals surface area contributed by atoms with Crippen LogP contribution in [0.5, 0.6) is 0 Å². The summed E-state index contributed by atoms with van der Waals surface area (Å²) in [6.07, 6.45) is 6.41. The number of hydrogen-bond acceptors (Lipinski definition) is 3. The van der Waals surface area contributed by atoms with Crippen molar-refractivity contribution in [1.82, 2.24) is 9.97 Å². The number of aromatic nitrogens is 2. The van der Waals surface area contributed by atoms with Crippen molar-refractivity contribution in [1.29, 1.82) is 0 Å². The Morgan fingerprint density at radius 2 is 1.77 bits per heavy atom. The maximum absolute atomic E-state index is 14.2. The second-order valence-corrected chi connectivity index (χ2v) is 8.06. The number of aryl methyl sites for hydroxylation is 1. The molecule has 2 heterocycles. The van der Waals surface area contributed by atoms with Crippen molar-refractivity contribution in [3.05, 3.63) is 88.7 Å². The molecule has 0 saturated carbocycles. The third-order valence-electron chi connectivity index (χ3n) is 4.75. The molecule has 0 radical (unpaired) electrons. The van der Waals surface area contributed by atoms with Gasteiger partial charge in [0.15, 0.2) is 0 Å². The number of benzene rings is 1. The number of amidine groups is 1. The highest BCUT2D eigenvalue weighted by Crippen LogP contribution is 2.25. The lowest BCUT2D eigenvalue weighted by Gasteiger charge is -2.16. The first-order valence-electron chi connectivity index (χ1n) is 10.4. The first-order chi connectivity index (χ1) is 14.8. The Balaban J connectivity index is 0.000000614. The van der Waals surface area contributed by atoms with Crippen LogP contribution in [0.4, 0.5) is 10.1 Å². The van der Waals surface area contributed by atoms with Crippen LogP contribution in [0, 0.1) is 18.7 Å². The first-order valence-corrected chi connectivity index (χ1v) is 10.8. The third kappa shape index (κ3) is 7.76. The summed E-state index contributed by atoms with van der Waals surface area (Å²) in [5, 5.41) is 3.76. The predicted octanol–water partition coefficient (Wildman–Crippen LogP) is 7.25. The summed E-state index contributed by atoms with van der Waals surface area (Å²) in [4.78, 5) is 13.1. The Bertz CT molecular complexity index is 990. The van der Waals surface area contributed by atoms with Crippen LogP contribution < -0.4 is 5.32 Å². The zero-order valence-electron chi connectivity index (χ0n) is 18.7. The highest BCUT2D eigenvalue weighted by molar-refractivity contribution is 6.30. The van der Waals surface area contributed by atoms with Crippen molar-refractivity contribution in [2.75, 3.05) is 5.32 Å². The van der Waals surface area contributed by atoms with Crippen LogP contribution >= 0.6 is 11.6 Å². The monoisotopic (exact) mass is 440 g/mol. The molecule has 0 spiro atoms. The van der Waals surface area contributed by atoms with Gasteiger partial charge in [0.25, 0.3) is 0 Å². The maximum atomic E-state index is 14.2. The minimum absolute atomic E-state index is 0.336. The van der Waals surface area contributed by atoms with Crippen molar-refractivity contribution in [2.24, 2.45) is 10.9 Å². The van der Waals surface area contributed by atoms with Gasteiger partial charge in [0.1, 0.15) is 11.7 Å². The molecule has 4 nitrogen and oxygen atoms in total. The van der Waals surface area contributed by atoms with E-state index in [1.807, 2.05) is 38.1 Å². The number of nitrogens with zero attached hydrogens (tertiary/aromatic N) is 3. The highest BCUT2D eigenvalue weighted by atomic mass is 35.5. The lowest BCUT2D eigenvalue weighted by atomic mass is 10.1. The van der Waals surface area contributed by atoms with E-state index in [-0.39, 0.29) is 5.82 Å². The normalized spacial score (nSPS) is 12.2. The zero-order chi connectivity index (χ0) is 22.8. The number of rotatable bonds is 5. The fourth-order valence-electron chi connectivity index (χ4n) is 2.57. The van der Waals surface area contributed by atoms with Crippen molar-refractivity contribution < 1.29 is 4.39 Å². The maximum Gasteiger partial charge on any atom is 0.135 e. The van der Waals surface area contributed by atoms with Gasteiger partial charge in [0.05, 0.1) is 6.04 Å². The Kier molecular flexibility index (Phi) is 9.60. The van der Waals surface area contributed by atoms with Crippen LogP contribution in [0.3, 0.4) is 0 Å². The SMILES string of the molecule is CCC(C)C.Cc1ncccc1C(=NC(C)c1cc(Cl)ccc1F)Nc1ccncc1. The number of pyridine rings is 2. The van der Waals surface area contributed by atoms with E-state index < -0.39 is 6.04 Å². The third-order valence-corrected chi connectivity index (χ3v) is 4.99. The van der Waals surface area contributed by atoms with Crippen LogP contribution in [0.25, 0.3) is 0 Å². The lowest BCUT2D eigenvalue weighted by molar-refractivity contribution is 0.594. The molecule has 0 aliphatic carbocycles. The summed E-state index contributed by atoms with van der Waals surface area (Å²) in [5.41, 5.74) is 2.94.